The number of piperidine rings is 1. The van der Waals surface area contributed by atoms with Gasteiger partial charge in [-0.05, 0) is 44.4 Å². The van der Waals surface area contributed by atoms with Gasteiger partial charge in [0.25, 0.3) is 0 Å². The highest BCUT2D eigenvalue weighted by molar-refractivity contribution is 5.95. The number of anilines is 2. The van der Waals surface area contributed by atoms with Gasteiger partial charge in [0.1, 0.15) is 5.82 Å². The molecule has 0 aliphatic carbocycles. The first-order valence-electron chi connectivity index (χ1n) is 8.46. The number of amides is 1. The molecule has 0 aromatic carbocycles. The van der Waals surface area contributed by atoms with Crippen LogP contribution < -0.4 is 15.5 Å². The highest BCUT2D eigenvalue weighted by Gasteiger charge is 2.41. The Labute approximate surface area is 137 Å². The number of nitrogens with zero attached hydrogens (tertiary/aromatic N) is 2. The molecule has 6 heteroatoms. The lowest BCUT2D eigenvalue weighted by Crippen LogP contribution is -2.41. The number of pyridine rings is 1. The van der Waals surface area contributed by atoms with Crippen LogP contribution in [0.15, 0.2) is 18.3 Å². The molecule has 0 saturated carbocycles. The smallest absolute Gasteiger partial charge is 0.234 e. The minimum atomic E-state index is -0.472. The third kappa shape index (κ3) is 3.64. The van der Waals surface area contributed by atoms with Crippen LogP contribution in [0, 0.1) is 5.41 Å². The summed E-state index contributed by atoms with van der Waals surface area (Å²) >= 11 is 0. The molecule has 0 spiro atoms. The predicted octanol–water partition coefficient (Wildman–Crippen LogP) is 1.64. The van der Waals surface area contributed by atoms with E-state index in [2.05, 4.69) is 20.5 Å². The molecule has 2 aliphatic rings. The molecule has 2 fully saturated rings. The Kier molecular flexibility index (Phi) is 5.13. The summed E-state index contributed by atoms with van der Waals surface area (Å²) in [6, 6.07) is 3.94. The Morgan fingerprint density at radius 1 is 1.39 bits per heavy atom. The van der Waals surface area contributed by atoms with E-state index in [4.69, 9.17) is 4.74 Å². The van der Waals surface area contributed by atoms with Crippen LogP contribution in [-0.2, 0) is 9.53 Å². The fraction of sp³-hybridized carbons (Fsp3) is 0.647. The summed E-state index contributed by atoms with van der Waals surface area (Å²) in [7, 11) is 1.64. The first-order valence-corrected chi connectivity index (χ1v) is 8.46. The normalized spacial score (nSPS) is 24.7. The Hall–Kier alpha value is -1.66. The van der Waals surface area contributed by atoms with Crippen molar-refractivity contribution < 1.29 is 9.53 Å². The van der Waals surface area contributed by atoms with Crippen molar-refractivity contribution in [3.8, 4) is 0 Å². The van der Waals surface area contributed by atoms with Crippen LogP contribution in [0.25, 0.3) is 0 Å². The number of carbonyl (C=O) groups is 1. The van der Waals surface area contributed by atoms with Gasteiger partial charge in [-0.3, -0.25) is 4.79 Å². The number of hydrogen-bond donors (Lipinski definition) is 2. The fourth-order valence-corrected chi connectivity index (χ4v) is 3.44. The van der Waals surface area contributed by atoms with E-state index >= 15 is 0 Å². The summed E-state index contributed by atoms with van der Waals surface area (Å²) in [5.41, 5.74) is 0.276. The first-order chi connectivity index (χ1) is 11.2. The van der Waals surface area contributed by atoms with Gasteiger partial charge < -0.3 is 20.3 Å². The molecular weight excluding hydrogens is 292 g/mol. The summed E-state index contributed by atoms with van der Waals surface area (Å²) in [5, 5.41) is 6.25. The molecule has 23 heavy (non-hydrogen) atoms. The van der Waals surface area contributed by atoms with Crippen molar-refractivity contribution >= 4 is 17.4 Å². The Bertz CT molecular complexity index is 520. The SMILES string of the molecule is COCC1(C(=O)Nc2ccc(N3CCCCC3)nc2)CCNC1. The van der Waals surface area contributed by atoms with Crippen LogP contribution in [0.5, 0.6) is 0 Å². The molecule has 126 valence electrons. The lowest BCUT2D eigenvalue weighted by Gasteiger charge is -2.28. The average molecular weight is 318 g/mol. The van der Waals surface area contributed by atoms with Gasteiger partial charge in [-0.1, -0.05) is 0 Å². The summed E-state index contributed by atoms with van der Waals surface area (Å²) < 4.78 is 5.26. The van der Waals surface area contributed by atoms with Crippen LogP contribution in [-0.4, -0.2) is 50.8 Å². The van der Waals surface area contributed by atoms with Crippen molar-refractivity contribution in [3.05, 3.63) is 18.3 Å². The zero-order valence-corrected chi connectivity index (χ0v) is 13.8. The van der Waals surface area contributed by atoms with Gasteiger partial charge in [0, 0.05) is 26.7 Å². The van der Waals surface area contributed by atoms with Crippen LogP contribution in [0.2, 0.25) is 0 Å². The lowest BCUT2D eigenvalue weighted by molar-refractivity contribution is -0.127. The fourth-order valence-electron chi connectivity index (χ4n) is 3.44. The average Bonchev–Trinajstić information content (AvgIpc) is 3.07. The maximum atomic E-state index is 12.6. The predicted molar refractivity (Wildman–Crippen MR) is 90.7 cm³/mol. The molecule has 2 N–H and O–H groups in total. The lowest BCUT2D eigenvalue weighted by atomic mass is 9.87. The molecule has 0 radical (unpaired) electrons. The van der Waals surface area contributed by atoms with Crippen molar-refractivity contribution in [2.75, 3.05) is 50.1 Å². The molecule has 1 atom stereocenters. The Morgan fingerprint density at radius 3 is 2.83 bits per heavy atom. The van der Waals surface area contributed by atoms with Crippen molar-refractivity contribution in [1.29, 1.82) is 0 Å². The van der Waals surface area contributed by atoms with Crippen LogP contribution in [0.1, 0.15) is 25.7 Å². The van der Waals surface area contributed by atoms with Crippen molar-refractivity contribution in [2.45, 2.75) is 25.7 Å². The Balaban J connectivity index is 1.64. The largest absolute Gasteiger partial charge is 0.384 e. The highest BCUT2D eigenvalue weighted by atomic mass is 16.5. The molecule has 2 saturated heterocycles. The number of carbonyl (C=O) groups excluding carboxylic acids is 1. The second-order valence-corrected chi connectivity index (χ2v) is 6.55. The molecule has 1 unspecified atom stereocenters. The number of methoxy groups -OCH3 is 1. The molecule has 0 bridgehead atoms. The van der Waals surface area contributed by atoms with Gasteiger partial charge in [0.05, 0.1) is 23.9 Å². The summed E-state index contributed by atoms with van der Waals surface area (Å²) in [6.45, 7) is 4.09. The minimum Gasteiger partial charge on any atom is -0.384 e. The van der Waals surface area contributed by atoms with Crippen LogP contribution in [0.3, 0.4) is 0 Å². The molecule has 3 rings (SSSR count). The van der Waals surface area contributed by atoms with Crippen molar-refractivity contribution in [2.24, 2.45) is 5.41 Å². The van der Waals surface area contributed by atoms with Crippen LogP contribution in [0.4, 0.5) is 11.5 Å². The number of aromatic nitrogens is 1. The maximum Gasteiger partial charge on any atom is 0.234 e. The summed E-state index contributed by atoms with van der Waals surface area (Å²) in [6.07, 6.45) is 6.32. The van der Waals surface area contributed by atoms with Gasteiger partial charge in [0.2, 0.25) is 5.91 Å². The van der Waals surface area contributed by atoms with E-state index in [1.54, 1.807) is 13.3 Å². The van der Waals surface area contributed by atoms with Crippen LogP contribution >= 0.6 is 0 Å². The monoisotopic (exact) mass is 318 g/mol. The van der Waals surface area contributed by atoms with Crippen molar-refractivity contribution in [1.82, 2.24) is 10.3 Å². The quantitative estimate of drug-likeness (QED) is 0.864. The molecule has 1 aromatic heterocycles. The van der Waals surface area contributed by atoms with Gasteiger partial charge >= 0.3 is 0 Å². The van der Waals surface area contributed by atoms with Gasteiger partial charge in [-0.25, -0.2) is 4.98 Å². The molecule has 2 aliphatic heterocycles. The molecule has 3 heterocycles. The minimum absolute atomic E-state index is 0.0110. The first kappa shape index (κ1) is 16.2. The molecule has 6 nitrogen and oxygen atoms in total. The third-order valence-corrected chi connectivity index (χ3v) is 4.83. The zero-order chi connectivity index (χ0) is 16.1. The van der Waals surface area contributed by atoms with E-state index < -0.39 is 5.41 Å². The maximum absolute atomic E-state index is 12.6. The molecule has 1 aromatic rings. The summed E-state index contributed by atoms with van der Waals surface area (Å²) in [5.74, 6) is 1.01. The zero-order valence-electron chi connectivity index (χ0n) is 13.8. The molecular formula is C17H26N4O2. The van der Waals surface area contributed by atoms with E-state index in [-0.39, 0.29) is 5.91 Å². The second kappa shape index (κ2) is 7.27. The van der Waals surface area contributed by atoms with E-state index in [0.717, 1.165) is 37.6 Å². The second-order valence-electron chi connectivity index (χ2n) is 6.55. The number of nitrogens with one attached hydrogen (secondary N) is 2. The van der Waals surface area contributed by atoms with E-state index in [1.807, 2.05) is 12.1 Å². The Morgan fingerprint density at radius 2 is 2.22 bits per heavy atom. The topological polar surface area (TPSA) is 66.5 Å². The number of ether oxygens (including phenoxy) is 1. The van der Waals surface area contributed by atoms with E-state index in [9.17, 15) is 4.79 Å². The highest BCUT2D eigenvalue weighted by Crippen LogP contribution is 2.28. The van der Waals surface area contributed by atoms with Gasteiger partial charge in [-0.15, -0.1) is 0 Å². The number of hydrogen-bond acceptors (Lipinski definition) is 5. The number of rotatable bonds is 5. The van der Waals surface area contributed by atoms with Crippen molar-refractivity contribution in [3.63, 3.8) is 0 Å². The summed E-state index contributed by atoms with van der Waals surface area (Å²) in [4.78, 5) is 19.5. The van der Waals surface area contributed by atoms with E-state index in [0.29, 0.717) is 13.2 Å². The van der Waals surface area contributed by atoms with Gasteiger partial charge in [0.15, 0.2) is 0 Å². The van der Waals surface area contributed by atoms with E-state index in [1.165, 1.54) is 19.3 Å². The standard InChI is InChI=1S/C17H26N4O2/c1-23-13-17(7-8-18-12-17)16(22)20-14-5-6-15(19-11-14)21-9-3-2-4-10-21/h5-6,11,18H,2-4,7-10,12-13H2,1H3,(H,20,22). The molecule has 1 amide bonds. The van der Waals surface area contributed by atoms with Gasteiger partial charge in [-0.2, -0.15) is 0 Å². The third-order valence-electron chi connectivity index (χ3n) is 4.83.